The Morgan fingerprint density at radius 2 is 0.982 bits per heavy atom. The lowest BCUT2D eigenvalue weighted by Gasteiger charge is -2.29. The molecule has 2 N–H and O–H groups in total. The first-order chi connectivity index (χ1) is 26.5. The average Bonchev–Trinajstić information content (AvgIpc) is 3.13. The lowest BCUT2D eigenvalue weighted by Crippen LogP contribution is -2.45. The molecule has 9 heteroatoms. The van der Waals surface area contributed by atoms with Gasteiger partial charge in [-0.2, -0.15) is 0 Å². The molecule has 1 amide bonds. The van der Waals surface area contributed by atoms with E-state index in [9.17, 15) is 19.4 Å². The second-order valence-electron chi connectivity index (χ2n) is 17.5. The highest BCUT2D eigenvalue weighted by atomic mass is 31.2. The van der Waals surface area contributed by atoms with Crippen molar-refractivity contribution in [3.63, 3.8) is 0 Å². The highest BCUT2D eigenvalue weighted by Crippen LogP contribution is 2.38. The molecule has 328 valence electrons. The number of hydrogen-bond acceptors (Lipinski definition) is 6. The van der Waals surface area contributed by atoms with Crippen molar-refractivity contribution in [2.75, 3.05) is 40.9 Å². The maximum Gasteiger partial charge on any atom is 0.268 e. The topological polar surface area (TPSA) is 108 Å². The molecule has 3 atom stereocenters. The number of amides is 1. The standard InChI is InChI=1S/C46H93N2O6P/c1-6-8-10-11-12-13-14-15-16-17-18-19-20-21-22-23-24-25-26-27-28-29-30-31-32-33-34-35-36-38-39-45(49)44(47-46(50)40-37-9-7-2)43-54-55(51,52)53-42-41-48(3,4)5/h38-39,44-45,49H,6-37,40-43H2,1-5H3,(H-,47,50,51,52)/b39-38+. The van der Waals surface area contributed by atoms with Crippen LogP contribution in [0.2, 0.25) is 0 Å². The number of aliphatic hydroxyl groups excluding tert-OH is 1. The van der Waals surface area contributed by atoms with Gasteiger partial charge in [0.1, 0.15) is 13.2 Å². The second kappa shape index (κ2) is 38.7. The van der Waals surface area contributed by atoms with Crippen LogP contribution in [0.1, 0.15) is 226 Å². The van der Waals surface area contributed by atoms with Gasteiger partial charge in [-0.1, -0.05) is 212 Å². The molecule has 0 aliphatic heterocycles. The monoisotopic (exact) mass is 801 g/mol. The number of nitrogens with one attached hydrogen (secondary N) is 1. The van der Waals surface area contributed by atoms with Crippen molar-refractivity contribution in [2.24, 2.45) is 0 Å². The number of carbonyl (C=O) groups excluding carboxylic acids is 1. The van der Waals surface area contributed by atoms with E-state index in [1.54, 1.807) is 6.08 Å². The number of quaternary nitrogens is 1. The molecule has 55 heavy (non-hydrogen) atoms. The van der Waals surface area contributed by atoms with Crippen molar-refractivity contribution >= 4 is 13.7 Å². The molecule has 0 aliphatic rings. The molecule has 0 heterocycles. The van der Waals surface area contributed by atoms with Crippen LogP contribution in [0.15, 0.2) is 12.2 Å². The van der Waals surface area contributed by atoms with E-state index in [2.05, 4.69) is 19.2 Å². The third-order valence-electron chi connectivity index (χ3n) is 10.7. The van der Waals surface area contributed by atoms with E-state index in [1.165, 1.54) is 167 Å². The van der Waals surface area contributed by atoms with Gasteiger partial charge in [0.15, 0.2) is 0 Å². The van der Waals surface area contributed by atoms with Crippen molar-refractivity contribution in [2.45, 2.75) is 238 Å². The third kappa shape index (κ3) is 41.2. The van der Waals surface area contributed by atoms with Gasteiger partial charge in [-0.3, -0.25) is 9.36 Å². The fraction of sp³-hybridized carbons (Fsp3) is 0.935. The number of nitrogens with zero attached hydrogens (tertiary/aromatic N) is 1. The fourth-order valence-corrected chi connectivity index (χ4v) is 7.70. The van der Waals surface area contributed by atoms with Gasteiger partial charge in [-0.25, -0.2) is 0 Å². The first-order valence-corrected chi connectivity index (χ1v) is 25.0. The lowest BCUT2D eigenvalue weighted by molar-refractivity contribution is -0.870. The van der Waals surface area contributed by atoms with Crippen LogP contribution in [0.25, 0.3) is 0 Å². The Morgan fingerprint density at radius 3 is 1.36 bits per heavy atom. The summed E-state index contributed by atoms with van der Waals surface area (Å²) in [6.45, 7) is 4.48. The maximum absolute atomic E-state index is 12.5. The molecule has 0 fully saturated rings. The minimum absolute atomic E-state index is 0.000443. The summed E-state index contributed by atoms with van der Waals surface area (Å²) in [5.74, 6) is -0.220. The van der Waals surface area contributed by atoms with E-state index in [-0.39, 0.29) is 19.1 Å². The summed E-state index contributed by atoms with van der Waals surface area (Å²) in [5, 5.41) is 13.6. The fourth-order valence-electron chi connectivity index (χ4n) is 6.98. The zero-order valence-electron chi connectivity index (χ0n) is 37.1. The van der Waals surface area contributed by atoms with E-state index in [4.69, 9.17) is 9.05 Å². The van der Waals surface area contributed by atoms with Crippen LogP contribution in [0.3, 0.4) is 0 Å². The van der Waals surface area contributed by atoms with Crippen LogP contribution < -0.4 is 10.2 Å². The number of carbonyl (C=O) groups is 1. The predicted molar refractivity (Wildman–Crippen MR) is 233 cm³/mol. The molecule has 0 bridgehead atoms. The molecule has 0 aromatic heterocycles. The average molecular weight is 801 g/mol. The lowest BCUT2D eigenvalue weighted by atomic mass is 10.0. The Morgan fingerprint density at radius 1 is 0.618 bits per heavy atom. The molecule has 0 saturated heterocycles. The van der Waals surface area contributed by atoms with Crippen LogP contribution in [0.4, 0.5) is 0 Å². The van der Waals surface area contributed by atoms with Gasteiger partial charge in [-0.05, 0) is 19.3 Å². The summed E-state index contributed by atoms with van der Waals surface area (Å²) >= 11 is 0. The SMILES string of the molecule is CCCCCCCCCCCCCCCCCCCCCCCCCCCCCC/C=C/C(O)C(COP(=O)([O-])OCC[N+](C)(C)C)NC(=O)CCCCC. The van der Waals surface area contributed by atoms with E-state index in [0.29, 0.717) is 17.4 Å². The van der Waals surface area contributed by atoms with Gasteiger partial charge in [0.2, 0.25) is 5.91 Å². The summed E-state index contributed by atoms with van der Waals surface area (Å²) in [4.78, 5) is 24.8. The molecule has 0 aliphatic carbocycles. The molecule has 0 spiro atoms. The number of aliphatic hydroxyl groups is 1. The molecule has 0 saturated carbocycles. The van der Waals surface area contributed by atoms with Gasteiger partial charge in [0.05, 0.1) is 39.9 Å². The minimum Gasteiger partial charge on any atom is -0.756 e. The van der Waals surface area contributed by atoms with Crippen molar-refractivity contribution in [3.8, 4) is 0 Å². The molecule has 0 rings (SSSR count). The molecule has 3 unspecified atom stereocenters. The number of hydrogen-bond donors (Lipinski definition) is 2. The summed E-state index contributed by atoms with van der Waals surface area (Å²) in [6, 6.07) is -0.877. The van der Waals surface area contributed by atoms with Gasteiger partial charge in [0, 0.05) is 6.42 Å². The Bertz CT molecular complexity index is 911. The van der Waals surface area contributed by atoms with Crippen LogP contribution in [0, 0.1) is 0 Å². The van der Waals surface area contributed by atoms with Crippen molar-refractivity contribution in [1.29, 1.82) is 0 Å². The van der Waals surface area contributed by atoms with Crippen LogP contribution in [0.5, 0.6) is 0 Å². The van der Waals surface area contributed by atoms with Crippen molar-refractivity contribution in [1.82, 2.24) is 5.32 Å². The highest BCUT2D eigenvalue weighted by molar-refractivity contribution is 7.45. The summed E-state index contributed by atoms with van der Waals surface area (Å²) < 4.78 is 22.9. The molecule has 0 aromatic carbocycles. The highest BCUT2D eigenvalue weighted by Gasteiger charge is 2.23. The molecule has 8 nitrogen and oxygen atoms in total. The predicted octanol–water partition coefficient (Wildman–Crippen LogP) is 12.5. The summed E-state index contributed by atoms with van der Waals surface area (Å²) in [5.41, 5.74) is 0. The number of allylic oxidation sites excluding steroid dienone is 1. The molecular formula is C46H93N2O6P. The Kier molecular flexibility index (Phi) is 38.2. The number of likely N-dealkylation sites (N-methyl/N-ethyl adjacent to an activating group) is 1. The minimum atomic E-state index is -4.56. The van der Waals surface area contributed by atoms with Crippen LogP contribution in [-0.4, -0.2) is 68.5 Å². The Balaban J connectivity index is 3.82. The van der Waals surface area contributed by atoms with Crippen molar-refractivity contribution in [3.05, 3.63) is 12.2 Å². The quantitative estimate of drug-likeness (QED) is 0.0275. The van der Waals surface area contributed by atoms with Gasteiger partial charge in [0.25, 0.3) is 7.82 Å². The van der Waals surface area contributed by atoms with Gasteiger partial charge >= 0.3 is 0 Å². The maximum atomic E-state index is 12.5. The molecular weight excluding hydrogens is 707 g/mol. The number of phosphoric ester groups is 1. The third-order valence-corrected chi connectivity index (χ3v) is 11.7. The zero-order chi connectivity index (χ0) is 40.7. The smallest absolute Gasteiger partial charge is 0.268 e. The van der Waals surface area contributed by atoms with E-state index < -0.39 is 20.0 Å². The summed E-state index contributed by atoms with van der Waals surface area (Å²) in [7, 11) is 1.26. The Hall–Kier alpha value is -0.760. The van der Waals surface area contributed by atoms with E-state index in [1.807, 2.05) is 27.2 Å². The second-order valence-corrected chi connectivity index (χ2v) is 18.9. The first kappa shape index (κ1) is 54.2. The number of unbranched alkanes of at least 4 members (excludes halogenated alkanes) is 30. The largest absolute Gasteiger partial charge is 0.756 e. The van der Waals surface area contributed by atoms with Crippen LogP contribution in [-0.2, 0) is 18.4 Å². The van der Waals surface area contributed by atoms with Gasteiger partial charge in [-0.15, -0.1) is 0 Å². The van der Waals surface area contributed by atoms with Crippen molar-refractivity contribution < 1.29 is 32.9 Å². The van der Waals surface area contributed by atoms with Crippen LogP contribution >= 0.6 is 7.82 Å². The number of phosphoric acid groups is 1. The Labute approximate surface area is 342 Å². The molecule has 0 radical (unpaired) electrons. The number of rotatable bonds is 43. The van der Waals surface area contributed by atoms with E-state index in [0.717, 1.165) is 38.5 Å². The zero-order valence-corrected chi connectivity index (χ0v) is 38.0. The van der Waals surface area contributed by atoms with E-state index >= 15 is 0 Å². The first-order valence-electron chi connectivity index (χ1n) is 23.6. The summed E-state index contributed by atoms with van der Waals surface area (Å²) in [6.07, 6.45) is 45.2. The molecule has 0 aromatic rings. The van der Waals surface area contributed by atoms with Gasteiger partial charge < -0.3 is 28.8 Å². The normalized spacial score (nSPS) is 14.4.